The molecule has 6 aromatic rings. The standard InChI is InChI=1S/C43H49N13O8/c1-6-55-31(14-23(3)50-55)39(59)48-42-46-29-16-26(37(44)57)18-33-35(29)53(42)11-8-9-12-54-36-30(47-43(54)49-40(60)32-15-24(4)51-56(32)7-2)17-27(38(45)58)19-34(36)64-22-28(21-63-33)52-13-10-25(20-52)41(61)62-5/h8-9,14-19,25,28H,6-7,10-13,20-22H2,1-5H3,(H2,44,57)(H2,45,58)(H,46,48,59)(H,47,49,60)/b9-8+. The van der Waals surface area contributed by atoms with E-state index in [1.165, 1.54) is 31.4 Å². The van der Waals surface area contributed by atoms with Crippen molar-refractivity contribution in [3.05, 3.63) is 82.5 Å². The van der Waals surface area contributed by atoms with Crippen molar-refractivity contribution in [3.8, 4) is 11.5 Å². The van der Waals surface area contributed by atoms with E-state index in [0.717, 1.165) is 0 Å². The zero-order valence-corrected chi connectivity index (χ0v) is 36.1. The second kappa shape index (κ2) is 17.7. The van der Waals surface area contributed by atoms with E-state index in [4.69, 9.17) is 35.6 Å². The van der Waals surface area contributed by atoms with Crippen LogP contribution in [-0.4, -0.2) is 113 Å². The fourth-order valence-corrected chi connectivity index (χ4v) is 8.25. The third-order valence-electron chi connectivity index (χ3n) is 11.4. The van der Waals surface area contributed by atoms with Crippen molar-refractivity contribution >= 4 is 63.6 Å². The van der Waals surface area contributed by atoms with Gasteiger partial charge >= 0.3 is 5.97 Å². The number of ether oxygens (including phenoxy) is 3. The van der Waals surface area contributed by atoms with Crippen LogP contribution in [0.1, 0.15) is 73.3 Å². The van der Waals surface area contributed by atoms with Crippen molar-refractivity contribution in [1.82, 2.24) is 43.6 Å². The molecule has 1 saturated heterocycles. The number of carbonyl (C=O) groups is 5. The van der Waals surface area contributed by atoms with Gasteiger partial charge < -0.3 is 34.8 Å². The number of anilines is 2. The van der Waals surface area contributed by atoms with Crippen LogP contribution < -0.4 is 31.6 Å². The third kappa shape index (κ3) is 8.35. The second-order valence-corrected chi connectivity index (χ2v) is 15.6. The minimum atomic E-state index is -0.716. The number of aryl methyl sites for hydroxylation is 4. The molecule has 6 heterocycles. The molecule has 8 rings (SSSR count). The highest BCUT2D eigenvalue weighted by molar-refractivity contribution is 6.05. The molecular formula is C43H49N13O8. The number of carbonyl (C=O) groups excluding carboxylic acids is 5. The highest BCUT2D eigenvalue weighted by atomic mass is 16.5. The Balaban J connectivity index is 1.27. The van der Waals surface area contributed by atoms with Gasteiger partial charge in [0.2, 0.25) is 23.7 Å². The van der Waals surface area contributed by atoms with E-state index < -0.39 is 35.6 Å². The van der Waals surface area contributed by atoms with Crippen LogP contribution in [0.15, 0.2) is 48.6 Å². The number of primary amides is 2. The molecule has 21 heteroatoms. The van der Waals surface area contributed by atoms with Crippen molar-refractivity contribution in [2.75, 3.05) is 44.0 Å². The van der Waals surface area contributed by atoms with Crippen molar-refractivity contribution < 1.29 is 38.2 Å². The van der Waals surface area contributed by atoms with Crippen LogP contribution in [0.3, 0.4) is 0 Å². The lowest BCUT2D eigenvalue weighted by molar-refractivity contribution is -0.145. The molecule has 4 amide bonds. The van der Waals surface area contributed by atoms with Gasteiger partial charge in [-0.05, 0) is 77.1 Å². The molecule has 0 bridgehead atoms. The molecular weight excluding hydrogens is 827 g/mol. The van der Waals surface area contributed by atoms with Crippen LogP contribution in [0, 0.1) is 19.8 Å². The normalized spacial score (nSPS) is 16.4. The number of nitrogens with two attached hydrogens (primary N) is 2. The van der Waals surface area contributed by atoms with Crippen LogP contribution >= 0.6 is 0 Å². The molecule has 21 nitrogen and oxygen atoms in total. The smallest absolute Gasteiger partial charge is 0.310 e. The first-order valence-electron chi connectivity index (χ1n) is 20.9. The quantitative estimate of drug-likeness (QED) is 0.114. The highest BCUT2D eigenvalue weighted by Crippen LogP contribution is 2.35. The van der Waals surface area contributed by atoms with Gasteiger partial charge in [-0.3, -0.25) is 48.9 Å². The van der Waals surface area contributed by atoms with Crippen LogP contribution in [0.25, 0.3) is 22.1 Å². The summed E-state index contributed by atoms with van der Waals surface area (Å²) in [6.45, 7) is 9.34. The molecule has 2 aliphatic heterocycles. The van der Waals surface area contributed by atoms with Crippen LogP contribution in [0.4, 0.5) is 11.9 Å². The Labute approximate surface area is 366 Å². The molecule has 64 heavy (non-hydrogen) atoms. The number of nitrogens with one attached hydrogen (secondary N) is 2. The van der Waals surface area contributed by atoms with E-state index in [9.17, 15) is 24.0 Å². The Morgan fingerprint density at radius 2 is 1.20 bits per heavy atom. The molecule has 1 fully saturated rings. The van der Waals surface area contributed by atoms with Crippen molar-refractivity contribution in [1.29, 1.82) is 0 Å². The largest absolute Gasteiger partial charge is 0.490 e. The van der Waals surface area contributed by atoms with Gasteiger partial charge in [-0.25, -0.2) is 9.97 Å². The number of rotatable bonds is 10. The molecule has 0 aliphatic carbocycles. The summed E-state index contributed by atoms with van der Waals surface area (Å²) in [6.07, 6.45) is 4.21. The van der Waals surface area contributed by atoms with E-state index in [0.29, 0.717) is 77.4 Å². The number of aromatic nitrogens is 8. The van der Waals surface area contributed by atoms with Crippen LogP contribution in [0.5, 0.6) is 11.5 Å². The number of nitrogens with zero attached hydrogens (tertiary/aromatic N) is 9. The fraction of sp³-hybridized carbons (Fsp3) is 0.372. The van der Waals surface area contributed by atoms with Gasteiger partial charge in [0.05, 0.1) is 41.5 Å². The molecule has 4 aromatic heterocycles. The lowest BCUT2D eigenvalue weighted by Gasteiger charge is -2.28. The predicted octanol–water partition coefficient (Wildman–Crippen LogP) is 3.03. The first-order chi connectivity index (χ1) is 30.8. The van der Waals surface area contributed by atoms with Crippen molar-refractivity contribution in [3.63, 3.8) is 0 Å². The fourth-order valence-electron chi connectivity index (χ4n) is 8.25. The molecule has 0 radical (unpaired) electrons. The summed E-state index contributed by atoms with van der Waals surface area (Å²) in [7, 11) is 1.35. The zero-order valence-electron chi connectivity index (χ0n) is 36.1. The van der Waals surface area contributed by atoms with E-state index >= 15 is 0 Å². The maximum Gasteiger partial charge on any atom is 0.310 e. The van der Waals surface area contributed by atoms with Gasteiger partial charge in [-0.15, -0.1) is 0 Å². The van der Waals surface area contributed by atoms with Gasteiger partial charge in [0, 0.05) is 43.9 Å². The lowest BCUT2D eigenvalue weighted by Crippen LogP contribution is -2.43. The van der Waals surface area contributed by atoms with Gasteiger partial charge in [-0.2, -0.15) is 10.2 Å². The Bertz CT molecular complexity index is 2690. The Kier molecular flexibility index (Phi) is 11.9. The van der Waals surface area contributed by atoms with Crippen LogP contribution in [0.2, 0.25) is 0 Å². The van der Waals surface area contributed by atoms with Gasteiger partial charge in [0.15, 0.2) is 0 Å². The summed E-state index contributed by atoms with van der Waals surface area (Å²) in [4.78, 5) is 77.5. The average Bonchev–Trinajstić information content (AvgIpc) is 4.11. The molecule has 334 valence electrons. The number of imidazole rings is 2. The summed E-state index contributed by atoms with van der Waals surface area (Å²) in [6, 6.07) is 8.97. The number of hydrogen-bond acceptors (Lipinski definition) is 13. The van der Waals surface area contributed by atoms with E-state index in [1.54, 1.807) is 44.5 Å². The number of amides is 4. The van der Waals surface area contributed by atoms with Crippen LogP contribution in [-0.2, 0) is 35.7 Å². The monoisotopic (exact) mass is 875 g/mol. The Morgan fingerprint density at radius 1 is 0.734 bits per heavy atom. The molecule has 2 aliphatic rings. The summed E-state index contributed by atoms with van der Waals surface area (Å²) < 4.78 is 25.0. The van der Waals surface area contributed by atoms with E-state index in [-0.39, 0.29) is 66.8 Å². The van der Waals surface area contributed by atoms with E-state index in [1.807, 2.05) is 26.0 Å². The maximum atomic E-state index is 13.9. The predicted molar refractivity (Wildman–Crippen MR) is 233 cm³/mol. The summed E-state index contributed by atoms with van der Waals surface area (Å²) in [5.74, 6) is -2.25. The van der Waals surface area contributed by atoms with Gasteiger partial charge in [-0.1, -0.05) is 12.2 Å². The number of likely N-dealkylation sites (tertiary alicyclic amines) is 1. The molecule has 2 aromatic carbocycles. The molecule has 1 atom stereocenters. The highest BCUT2D eigenvalue weighted by Gasteiger charge is 2.35. The number of methoxy groups -OCH3 is 1. The number of hydrogen-bond donors (Lipinski definition) is 4. The van der Waals surface area contributed by atoms with Crippen molar-refractivity contribution in [2.45, 2.75) is 66.3 Å². The SMILES string of the molecule is CCn1nc(C)cc1C(=O)Nc1nc2cc(C(N)=O)cc3c2n1C/C=C/Cn1c(NC(=O)c2cc(C)nn2CC)nc2cc(C(N)=O)cc(c21)OCC(N1CCC(C(=O)OC)C1)CO3. The first-order valence-corrected chi connectivity index (χ1v) is 20.9. The minimum absolute atomic E-state index is 0.0212. The molecule has 0 saturated carbocycles. The number of esters is 1. The molecule has 1 unspecified atom stereocenters. The lowest BCUT2D eigenvalue weighted by atomic mass is 10.1. The van der Waals surface area contributed by atoms with Gasteiger partial charge in [0.1, 0.15) is 47.1 Å². The Morgan fingerprint density at radius 3 is 1.62 bits per heavy atom. The average molecular weight is 876 g/mol. The maximum absolute atomic E-state index is 13.9. The first kappa shape index (κ1) is 43.1. The number of allylic oxidation sites excluding steroid dienone is 2. The summed E-state index contributed by atoms with van der Waals surface area (Å²) >= 11 is 0. The van der Waals surface area contributed by atoms with Gasteiger partial charge in [0.25, 0.3) is 11.8 Å². The summed E-state index contributed by atoms with van der Waals surface area (Å²) in [5.41, 5.74) is 15.5. The number of benzene rings is 2. The molecule has 0 spiro atoms. The topological polar surface area (TPSA) is 264 Å². The van der Waals surface area contributed by atoms with E-state index in [2.05, 4.69) is 25.7 Å². The second-order valence-electron chi connectivity index (χ2n) is 15.6. The Hall–Kier alpha value is -7.55. The minimum Gasteiger partial charge on any atom is -0.490 e. The van der Waals surface area contributed by atoms with Crippen molar-refractivity contribution in [2.24, 2.45) is 17.4 Å². The zero-order chi connectivity index (χ0) is 45.4. The molecule has 6 N–H and O–H groups in total. The summed E-state index contributed by atoms with van der Waals surface area (Å²) in [5, 5.41) is 14.7. The third-order valence-corrected chi connectivity index (χ3v) is 11.4.